The van der Waals surface area contributed by atoms with Crippen LogP contribution in [0.1, 0.15) is 56.6 Å². The molecule has 1 aliphatic rings. The molecule has 2 aromatic rings. The lowest BCUT2D eigenvalue weighted by Gasteiger charge is -2.24. The van der Waals surface area contributed by atoms with Gasteiger partial charge in [-0.3, -0.25) is 4.79 Å². The number of phenols is 2. The molecule has 1 saturated carbocycles. The second-order valence-corrected chi connectivity index (χ2v) is 9.45. The largest absolute Gasteiger partial charge is 0.508 e. The standard InChI is InChI=1S/C28H36O4/c1-19(25(15-20(2)29)18-24-8-4-6-10-27(24)31)11-12-21(17-28(32)22-13-14-22)16-23-7-3-5-9-26(23)30/h3-10,20-22,25,29-31H,1,11-18H2,2H3/t20?,21-,25?/m0/s1. The van der Waals surface area contributed by atoms with Crippen molar-refractivity contribution in [3.63, 3.8) is 0 Å². The SMILES string of the molecule is C=C(CC[C@H](CC(=O)C1CC1)Cc1ccccc1O)C(Cc1ccccc1O)CC(C)O. The first-order chi connectivity index (χ1) is 15.3. The van der Waals surface area contributed by atoms with Gasteiger partial charge < -0.3 is 15.3 Å². The zero-order chi connectivity index (χ0) is 23.1. The highest BCUT2D eigenvalue weighted by molar-refractivity contribution is 5.83. The quantitative estimate of drug-likeness (QED) is 0.358. The van der Waals surface area contributed by atoms with E-state index in [0.29, 0.717) is 31.5 Å². The fourth-order valence-corrected chi connectivity index (χ4v) is 4.48. The predicted molar refractivity (Wildman–Crippen MR) is 128 cm³/mol. The number of para-hydroxylation sites is 2. The summed E-state index contributed by atoms with van der Waals surface area (Å²) in [4.78, 5) is 12.5. The minimum atomic E-state index is -0.462. The Kier molecular flexibility index (Phi) is 8.52. The van der Waals surface area contributed by atoms with E-state index in [0.717, 1.165) is 42.4 Å². The highest BCUT2D eigenvalue weighted by Gasteiger charge is 2.31. The minimum absolute atomic E-state index is 0.0493. The first-order valence-electron chi connectivity index (χ1n) is 11.8. The van der Waals surface area contributed by atoms with Gasteiger partial charge in [-0.25, -0.2) is 0 Å². The molecule has 3 N–H and O–H groups in total. The summed E-state index contributed by atoms with van der Waals surface area (Å²) in [5, 5.41) is 30.4. The Balaban J connectivity index is 1.67. The molecule has 0 heterocycles. The Morgan fingerprint density at radius 3 is 2.09 bits per heavy atom. The van der Waals surface area contributed by atoms with Crippen molar-refractivity contribution in [1.82, 2.24) is 0 Å². The molecule has 0 spiro atoms. The van der Waals surface area contributed by atoms with Crippen molar-refractivity contribution >= 4 is 5.78 Å². The van der Waals surface area contributed by atoms with Crippen molar-refractivity contribution in [2.24, 2.45) is 17.8 Å². The fraction of sp³-hybridized carbons (Fsp3) is 0.464. The summed E-state index contributed by atoms with van der Waals surface area (Å²) in [6.07, 6.45) is 5.52. The fourth-order valence-electron chi connectivity index (χ4n) is 4.48. The van der Waals surface area contributed by atoms with Gasteiger partial charge in [-0.15, -0.1) is 0 Å². The first-order valence-corrected chi connectivity index (χ1v) is 11.8. The van der Waals surface area contributed by atoms with Crippen molar-refractivity contribution < 1.29 is 20.1 Å². The predicted octanol–water partition coefficient (Wildman–Crippen LogP) is 5.59. The lowest BCUT2D eigenvalue weighted by molar-refractivity contribution is -0.121. The van der Waals surface area contributed by atoms with Gasteiger partial charge in [0, 0.05) is 12.3 Å². The number of rotatable bonds is 13. The highest BCUT2D eigenvalue weighted by Crippen LogP contribution is 2.35. The molecule has 3 rings (SSSR count). The van der Waals surface area contributed by atoms with E-state index in [9.17, 15) is 20.1 Å². The summed E-state index contributed by atoms with van der Waals surface area (Å²) in [7, 11) is 0. The number of hydrogen-bond donors (Lipinski definition) is 3. The Morgan fingerprint density at radius 1 is 1.00 bits per heavy atom. The van der Waals surface area contributed by atoms with Crippen molar-refractivity contribution in [1.29, 1.82) is 0 Å². The third kappa shape index (κ3) is 7.23. The summed E-state index contributed by atoms with van der Waals surface area (Å²) in [6.45, 7) is 6.11. The van der Waals surface area contributed by atoms with E-state index >= 15 is 0 Å². The van der Waals surface area contributed by atoms with Crippen LogP contribution in [-0.4, -0.2) is 27.2 Å². The average molecular weight is 437 g/mol. The topological polar surface area (TPSA) is 77.8 Å². The van der Waals surface area contributed by atoms with E-state index in [4.69, 9.17) is 0 Å². The maximum Gasteiger partial charge on any atom is 0.136 e. The van der Waals surface area contributed by atoms with Gasteiger partial charge >= 0.3 is 0 Å². The second-order valence-electron chi connectivity index (χ2n) is 9.45. The summed E-state index contributed by atoms with van der Waals surface area (Å²) in [6, 6.07) is 14.6. The molecule has 0 aromatic heterocycles. The maximum absolute atomic E-state index is 12.5. The van der Waals surface area contributed by atoms with E-state index in [-0.39, 0.29) is 29.3 Å². The molecule has 0 aliphatic heterocycles. The molecule has 0 bridgehead atoms. The van der Waals surface area contributed by atoms with Crippen LogP contribution < -0.4 is 0 Å². The van der Waals surface area contributed by atoms with Crippen LogP contribution in [0.5, 0.6) is 11.5 Å². The van der Waals surface area contributed by atoms with Crippen molar-refractivity contribution in [2.75, 3.05) is 0 Å². The molecule has 4 heteroatoms. The number of allylic oxidation sites excluding steroid dienone is 1. The maximum atomic E-state index is 12.5. The Morgan fingerprint density at radius 2 is 1.56 bits per heavy atom. The van der Waals surface area contributed by atoms with Gasteiger partial charge in [-0.05, 0) is 87.0 Å². The third-order valence-corrected chi connectivity index (χ3v) is 6.56. The normalized spacial score (nSPS) is 16.3. The lowest BCUT2D eigenvalue weighted by Crippen LogP contribution is -2.17. The van der Waals surface area contributed by atoms with Crippen LogP contribution in [0.2, 0.25) is 0 Å². The zero-order valence-corrected chi connectivity index (χ0v) is 19.0. The highest BCUT2D eigenvalue weighted by atomic mass is 16.3. The van der Waals surface area contributed by atoms with Gasteiger partial charge in [0.2, 0.25) is 0 Å². The van der Waals surface area contributed by atoms with E-state index in [2.05, 4.69) is 6.58 Å². The number of phenolic OH excluding ortho intramolecular Hbond substituents is 2. The zero-order valence-electron chi connectivity index (χ0n) is 19.0. The molecule has 4 nitrogen and oxygen atoms in total. The molecule has 0 saturated heterocycles. The molecule has 1 aliphatic carbocycles. The Labute approximate surface area is 191 Å². The molecular weight excluding hydrogens is 400 g/mol. The monoisotopic (exact) mass is 436 g/mol. The van der Waals surface area contributed by atoms with E-state index in [1.165, 1.54) is 0 Å². The van der Waals surface area contributed by atoms with Crippen LogP contribution in [0.25, 0.3) is 0 Å². The van der Waals surface area contributed by atoms with Crippen LogP contribution in [-0.2, 0) is 17.6 Å². The van der Waals surface area contributed by atoms with Gasteiger partial charge in [-0.2, -0.15) is 0 Å². The number of ketones is 1. The lowest BCUT2D eigenvalue weighted by atomic mass is 9.82. The van der Waals surface area contributed by atoms with Crippen LogP contribution in [0.4, 0.5) is 0 Å². The Hall–Kier alpha value is -2.59. The van der Waals surface area contributed by atoms with Crippen LogP contribution >= 0.6 is 0 Å². The smallest absolute Gasteiger partial charge is 0.136 e. The molecule has 1 fully saturated rings. The molecule has 3 atom stereocenters. The van der Waals surface area contributed by atoms with Gasteiger partial charge in [-0.1, -0.05) is 48.6 Å². The van der Waals surface area contributed by atoms with Crippen LogP contribution in [0.3, 0.4) is 0 Å². The Bertz CT molecular complexity index is 913. The van der Waals surface area contributed by atoms with Gasteiger partial charge in [0.15, 0.2) is 0 Å². The average Bonchev–Trinajstić information content (AvgIpc) is 3.59. The molecule has 0 radical (unpaired) electrons. The van der Waals surface area contributed by atoms with E-state index < -0.39 is 6.10 Å². The number of Topliss-reactive ketones (excluding diaryl/α,β-unsaturated/α-hetero) is 1. The van der Waals surface area contributed by atoms with Gasteiger partial charge in [0.1, 0.15) is 17.3 Å². The van der Waals surface area contributed by atoms with Gasteiger partial charge in [0.05, 0.1) is 6.10 Å². The van der Waals surface area contributed by atoms with Gasteiger partial charge in [0.25, 0.3) is 0 Å². The number of aliphatic hydroxyl groups excluding tert-OH is 1. The van der Waals surface area contributed by atoms with Crippen LogP contribution in [0.15, 0.2) is 60.7 Å². The number of aromatic hydroxyl groups is 2. The molecule has 2 unspecified atom stereocenters. The molecule has 0 amide bonds. The summed E-state index contributed by atoms with van der Waals surface area (Å²) in [5.74, 6) is 1.31. The van der Waals surface area contributed by atoms with E-state index in [1.807, 2.05) is 30.3 Å². The summed E-state index contributed by atoms with van der Waals surface area (Å²) in [5.41, 5.74) is 2.77. The molecule has 32 heavy (non-hydrogen) atoms. The third-order valence-electron chi connectivity index (χ3n) is 6.56. The molecular formula is C28H36O4. The molecule has 2 aromatic carbocycles. The number of benzene rings is 2. The first kappa shape index (κ1) is 24.1. The second kappa shape index (κ2) is 11.3. The number of carbonyl (C=O) groups excluding carboxylic acids is 1. The van der Waals surface area contributed by atoms with E-state index in [1.54, 1.807) is 25.1 Å². The number of aliphatic hydroxyl groups is 1. The van der Waals surface area contributed by atoms with Crippen molar-refractivity contribution in [3.05, 3.63) is 71.8 Å². The number of carbonyl (C=O) groups is 1. The molecule has 172 valence electrons. The number of hydrogen-bond acceptors (Lipinski definition) is 4. The summed E-state index contributed by atoms with van der Waals surface area (Å²) >= 11 is 0. The summed E-state index contributed by atoms with van der Waals surface area (Å²) < 4.78 is 0. The van der Waals surface area contributed by atoms with Crippen molar-refractivity contribution in [2.45, 2.75) is 64.4 Å². The van der Waals surface area contributed by atoms with Crippen LogP contribution in [0, 0.1) is 17.8 Å². The van der Waals surface area contributed by atoms with Crippen molar-refractivity contribution in [3.8, 4) is 11.5 Å². The minimum Gasteiger partial charge on any atom is -0.508 e.